The number of hydrogen-bond acceptors (Lipinski definition) is 2. The van der Waals surface area contributed by atoms with Gasteiger partial charge < -0.3 is 9.64 Å². The highest BCUT2D eigenvalue weighted by atomic mass is 16.5. The summed E-state index contributed by atoms with van der Waals surface area (Å²) in [7, 11) is 3.52. The highest BCUT2D eigenvalue weighted by Crippen LogP contribution is 2.36. The van der Waals surface area contributed by atoms with Gasteiger partial charge in [-0.15, -0.1) is 0 Å². The van der Waals surface area contributed by atoms with Crippen LogP contribution in [0.1, 0.15) is 22.6 Å². The topological polar surface area (TPSA) is 29.5 Å². The number of benzene rings is 2. The van der Waals surface area contributed by atoms with Crippen LogP contribution >= 0.6 is 0 Å². The minimum Gasteiger partial charge on any atom is -0.497 e. The summed E-state index contributed by atoms with van der Waals surface area (Å²) in [6, 6.07) is 16.0. The number of fused-ring (bicyclic) bond motifs is 1. The lowest BCUT2D eigenvalue weighted by Crippen LogP contribution is -2.36. The van der Waals surface area contributed by atoms with E-state index >= 15 is 0 Å². The lowest BCUT2D eigenvalue weighted by molar-refractivity contribution is -0.132. The minimum absolute atomic E-state index is 0.0248. The molecule has 0 N–H and O–H groups in total. The van der Waals surface area contributed by atoms with Crippen molar-refractivity contribution in [1.29, 1.82) is 0 Å². The van der Waals surface area contributed by atoms with E-state index in [1.165, 1.54) is 11.1 Å². The van der Waals surface area contributed by atoms with Gasteiger partial charge in [0.15, 0.2) is 0 Å². The zero-order valence-electron chi connectivity index (χ0n) is 12.4. The second-order valence-corrected chi connectivity index (χ2v) is 5.50. The number of carbonyl (C=O) groups is 1. The fraction of sp³-hybridized carbons (Fsp3) is 0.278. The molecule has 0 radical (unpaired) electrons. The van der Waals surface area contributed by atoms with Crippen LogP contribution in [0.3, 0.4) is 0 Å². The van der Waals surface area contributed by atoms with Gasteiger partial charge in [0, 0.05) is 13.6 Å². The summed E-state index contributed by atoms with van der Waals surface area (Å²) in [6.45, 7) is 0.606. The summed E-state index contributed by atoms with van der Waals surface area (Å²) in [5.74, 6) is 1.04. The van der Waals surface area contributed by atoms with Crippen molar-refractivity contribution < 1.29 is 9.53 Å². The number of ether oxygens (including phenoxy) is 1. The van der Waals surface area contributed by atoms with Crippen molar-refractivity contribution in [3.8, 4) is 5.75 Å². The molecule has 1 amide bonds. The Bertz CT molecular complexity index is 666. The highest BCUT2D eigenvalue weighted by molar-refractivity contribution is 5.86. The van der Waals surface area contributed by atoms with Gasteiger partial charge in [-0.2, -0.15) is 0 Å². The molecule has 2 aromatic rings. The minimum atomic E-state index is 0.0248. The van der Waals surface area contributed by atoms with Crippen LogP contribution in [0.4, 0.5) is 0 Å². The Morgan fingerprint density at radius 3 is 2.81 bits per heavy atom. The van der Waals surface area contributed by atoms with Crippen molar-refractivity contribution in [2.24, 2.45) is 0 Å². The Kier molecular flexibility index (Phi) is 3.65. The van der Waals surface area contributed by atoms with Crippen LogP contribution in [0.5, 0.6) is 5.75 Å². The smallest absolute Gasteiger partial charge is 0.230 e. The van der Waals surface area contributed by atoms with Gasteiger partial charge in [0.2, 0.25) is 5.91 Å². The first-order valence-corrected chi connectivity index (χ1v) is 7.14. The monoisotopic (exact) mass is 281 g/mol. The molecule has 108 valence electrons. The molecule has 0 spiro atoms. The standard InChI is InChI=1S/C18H19NO2/c1-19(12-13-6-5-8-15(10-13)21-2)18(20)17-11-14-7-3-4-9-16(14)17/h3-10,17H,11-12H2,1-2H3/t17-/m0/s1. The van der Waals surface area contributed by atoms with Gasteiger partial charge >= 0.3 is 0 Å². The summed E-state index contributed by atoms with van der Waals surface area (Å²) in [6.07, 6.45) is 0.859. The molecule has 21 heavy (non-hydrogen) atoms. The number of likely N-dealkylation sites (N-methyl/N-ethyl adjacent to an activating group) is 1. The van der Waals surface area contributed by atoms with Crippen molar-refractivity contribution >= 4 is 5.91 Å². The van der Waals surface area contributed by atoms with E-state index in [1.807, 2.05) is 43.4 Å². The van der Waals surface area contributed by atoms with Crippen molar-refractivity contribution in [3.63, 3.8) is 0 Å². The van der Waals surface area contributed by atoms with E-state index in [1.54, 1.807) is 12.0 Å². The molecular weight excluding hydrogens is 262 g/mol. The number of rotatable bonds is 4. The quantitative estimate of drug-likeness (QED) is 0.862. The van der Waals surface area contributed by atoms with E-state index < -0.39 is 0 Å². The maximum Gasteiger partial charge on any atom is 0.230 e. The van der Waals surface area contributed by atoms with Crippen LogP contribution in [0.15, 0.2) is 48.5 Å². The zero-order chi connectivity index (χ0) is 14.8. The molecule has 0 aliphatic heterocycles. The molecule has 0 bridgehead atoms. The number of carbonyl (C=O) groups excluding carboxylic acids is 1. The third-order valence-corrected chi connectivity index (χ3v) is 4.08. The molecule has 1 aliphatic carbocycles. The summed E-state index contributed by atoms with van der Waals surface area (Å²) >= 11 is 0. The summed E-state index contributed by atoms with van der Waals surface area (Å²) in [4.78, 5) is 14.3. The van der Waals surface area contributed by atoms with Crippen molar-refractivity contribution in [3.05, 3.63) is 65.2 Å². The van der Waals surface area contributed by atoms with Crippen LogP contribution in [-0.2, 0) is 17.8 Å². The molecule has 3 nitrogen and oxygen atoms in total. The normalized spacial score (nSPS) is 15.8. The third kappa shape index (κ3) is 2.64. The summed E-state index contributed by atoms with van der Waals surface area (Å²) in [5, 5.41) is 0. The van der Waals surface area contributed by atoms with Crippen molar-refractivity contribution in [2.45, 2.75) is 18.9 Å². The number of amides is 1. The number of nitrogens with zero attached hydrogens (tertiary/aromatic N) is 1. The fourth-order valence-corrected chi connectivity index (χ4v) is 2.87. The average Bonchev–Trinajstić information content (AvgIpc) is 2.48. The van der Waals surface area contributed by atoms with Gasteiger partial charge in [-0.3, -0.25) is 4.79 Å². The largest absolute Gasteiger partial charge is 0.497 e. The molecular formula is C18H19NO2. The first kappa shape index (κ1) is 13.7. The zero-order valence-corrected chi connectivity index (χ0v) is 12.4. The fourth-order valence-electron chi connectivity index (χ4n) is 2.87. The molecule has 0 fully saturated rings. The lowest BCUT2D eigenvalue weighted by atomic mass is 9.77. The first-order valence-electron chi connectivity index (χ1n) is 7.14. The molecule has 2 aromatic carbocycles. The predicted octanol–water partition coefficient (Wildman–Crippen LogP) is 2.99. The molecule has 1 atom stereocenters. The molecule has 0 unspecified atom stereocenters. The third-order valence-electron chi connectivity index (χ3n) is 4.08. The predicted molar refractivity (Wildman–Crippen MR) is 82.4 cm³/mol. The van der Waals surface area contributed by atoms with E-state index in [2.05, 4.69) is 12.1 Å². The Hall–Kier alpha value is -2.29. The second kappa shape index (κ2) is 5.60. The molecule has 0 saturated heterocycles. The van der Waals surface area contributed by atoms with E-state index in [4.69, 9.17) is 4.74 Å². The van der Waals surface area contributed by atoms with Gasteiger partial charge in [0.1, 0.15) is 5.75 Å². The van der Waals surface area contributed by atoms with Gasteiger partial charge in [0.05, 0.1) is 13.0 Å². The molecule has 0 saturated carbocycles. The van der Waals surface area contributed by atoms with Crippen LogP contribution in [0.25, 0.3) is 0 Å². The van der Waals surface area contributed by atoms with Gasteiger partial charge in [-0.25, -0.2) is 0 Å². The maximum absolute atomic E-state index is 12.5. The maximum atomic E-state index is 12.5. The Labute approximate surface area is 125 Å². The van der Waals surface area contributed by atoms with E-state index in [9.17, 15) is 4.79 Å². The van der Waals surface area contributed by atoms with Crippen LogP contribution in [0.2, 0.25) is 0 Å². The number of methoxy groups -OCH3 is 1. The van der Waals surface area contributed by atoms with E-state index in [0.29, 0.717) is 6.54 Å². The Balaban J connectivity index is 1.69. The van der Waals surface area contributed by atoms with Gasteiger partial charge in [0.25, 0.3) is 0 Å². The second-order valence-electron chi connectivity index (χ2n) is 5.50. The Morgan fingerprint density at radius 2 is 2.05 bits per heavy atom. The molecule has 1 aliphatic rings. The van der Waals surface area contributed by atoms with Crippen molar-refractivity contribution in [1.82, 2.24) is 4.90 Å². The number of hydrogen-bond donors (Lipinski definition) is 0. The average molecular weight is 281 g/mol. The summed E-state index contributed by atoms with van der Waals surface area (Å²) in [5.41, 5.74) is 3.56. The molecule has 3 rings (SSSR count). The van der Waals surface area contributed by atoms with Gasteiger partial charge in [-0.05, 0) is 35.2 Å². The highest BCUT2D eigenvalue weighted by Gasteiger charge is 2.33. The lowest BCUT2D eigenvalue weighted by Gasteiger charge is -2.32. The van der Waals surface area contributed by atoms with E-state index in [0.717, 1.165) is 17.7 Å². The Morgan fingerprint density at radius 1 is 1.24 bits per heavy atom. The van der Waals surface area contributed by atoms with E-state index in [-0.39, 0.29) is 11.8 Å². The molecule has 0 heterocycles. The SMILES string of the molecule is COc1cccc(CN(C)C(=O)[C@H]2Cc3ccccc32)c1. The molecule has 3 heteroatoms. The van der Waals surface area contributed by atoms with Crippen molar-refractivity contribution in [2.75, 3.05) is 14.2 Å². The first-order chi connectivity index (χ1) is 10.2. The van der Waals surface area contributed by atoms with Crippen LogP contribution in [0, 0.1) is 0 Å². The van der Waals surface area contributed by atoms with Gasteiger partial charge in [-0.1, -0.05) is 36.4 Å². The summed E-state index contributed by atoms with van der Waals surface area (Å²) < 4.78 is 5.22. The van der Waals surface area contributed by atoms with Crippen LogP contribution in [-0.4, -0.2) is 25.0 Å². The van der Waals surface area contributed by atoms with Crippen LogP contribution < -0.4 is 4.74 Å². The molecule has 0 aromatic heterocycles.